The Balaban J connectivity index is 1.93. The van der Waals surface area contributed by atoms with Crippen molar-refractivity contribution in [1.82, 2.24) is 10.4 Å². The Morgan fingerprint density at radius 3 is 2.95 bits per heavy atom. The third kappa shape index (κ3) is 3.92. The van der Waals surface area contributed by atoms with E-state index in [1.807, 2.05) is 6.07 Å². The maximum atomic E-state index is 11.7. The minimum Gasteiger partial charge on any atom is -0.465 e. The summed E-state index contributed by atoms with van der Waals surface area (Å²) < 4.78 is 5.14. The number of nitrogens with one attached hydrogen (secondary N) is 1. The molecule has 2 aromatic heterocycles. The van der Waals surface area contributed by atoms with E-state index in [0.29, 0.717) is 11.4 Å². The maximum Gasteiger partial charge on any atom is 0.289 e. The number of amides is 1. The lowest BCUT2D eigenvalue weighted by Crippen LogP contribution is -2.19. The minimum atomic E-state index is -0.341. The third-order valence-electron chi connectivity index (χ3n) is 2.26. The molecule has 19 heavy (non-hydrogen) atoms. The summed E-state index contributed by atoms with van der Waals surface area (Å²) in [4.78, 5) is 15.6. The molecule has 1 amide bonds. The molecule has 0 atom stereocenters. The van der Waals surface area contributed by atoms with Gasteiger partial charge in [-0.2, -0.15) is 5.10 Å². The Kier molecular flexibility index (Phi) is 4.23. The average molecular weight is 255 g/mol. The smallest absolute Gasteiger partial charge is 0.289 e. The molecule has 0 bridgehead atoms. The molecule has 0 aromatic carbocycles. The van der Waals surface area contributed by atoms with Crippen molar-refractivity contribution in [3.05, 3.63) is 60.3 Å². The largest absolute Gasteiger partial charge is 0.465 e. The molecule has 0 saturated heterocycles. The maximum absolute atomic E-state index is 11.7. The van der Waals surface area contributed by atoms with Crippen LogP contribution >= 0.6 is 0 Å². The van der Waals surface area contributed by atoms with Crippen molar-refractivity contribution in [1.29, 1.82) is 0 Å². The number of hydrogen-bond acceptors (Lipinski definition) is 4. The Labute approximate surface area is 110 Å². The predicted molar refractivity (Wildman–Crippen MR) is 72.6 cm³/mol. The highest BCUT2D eigenvalue weighted by Crippen LogP contribution is 2.02. The zero-order chi connectivity index (χ0) is 13.5. The van der Waals surface area contributed by atoms with Gasteiger partial charge in [0.2, 0.25) is 0 Å². The number of furan rings is 1. The number of carbonyl (C=O) groups is 1. The second-order valence-electron chi connectivity index (χ2n) is 3.76. The molecule has 2 rings (SSSR count). The fourth-order valence-electron chi connectivity index (χ4n) is 1.32. The quantitative estimate of drug-likeness (QED) is 0.674. The Morgan fingerprint density at radius 2 is 2.26 bits per heavy atom. The molecule has 2 heterocycles. The molecular formula is C14H13N3O2. The first-order chi connectivity index (χ1) is 9.25. The van der Waals surface area contributed by atoms with Crippen LogP contribution in [0.15, 0.2) is 58.4 Å². The molecule has 0 spiro atoms. The molecular weight excluding hydrogens is 242 g/mol. The van der Waals surface area contributed by atoms with Crippen LogP contribution in [0.1, 0.15) is 23.2 Å². The first-order valence-electron chi connectivity index (χ1n) is 5.73. The van der Waals surface area contributed by atoms with Gasteiger partial charge in [-0.25, -0.2) is 5.43 Å². The van der Waals surface area contributed by atoms with Gasteiger partial charge in [0.05, 0.1) is 12.0 Å². The van der Waals surface area contributed by atoms with E-state index in [0.717, 1.165) is 5.76 Å². The van der Waals surface area contributed by atoms with E-state index in [1.165, 1.54) is 0 Å². The molecule has 0 aliphatic carbocycles. The standard InChI is InChI=1S/C14H13N3O2/c1-11(7-8-12-5-4-10-19-12)16-17-14(18)13-6-2-3-9-15-13/h2-10H,1H3,(H,17,18). The average Bonchev–Trinajstić information content (AvgIpc) is 2.96. The van der Waals surface area contributed by atoms with Gasteiger partial charge >= 0.3 is 0 Å². The van der Waals surface area contributed by atoms with Crippen LogP contribution in [0, 0.1) is 0 Å². The fraction of sp³-hybridized carbons (Fsp3) is 0.0714. The molecule has 2 aromatic rings. The van der Waals surface area contributed by atoms with Crippen LogP contribution in [0.3, 0.4) is 0 Å². The van der Waals surface area contributed by atoms with Crippen LogP contribution in [-0.2, 0) is 0 Å². The zero-order valence-electron chi connectivity index (χ0n) is 10.4. The lowest BCUT2D eigenvalue weighted by Gasteiger charge is -1.98. The Bertz CT molecular complexity index is 586. The van der Waals surface area contributed by atoms with Crippen LogP contribution in [0.25, 0.3) is 6.08 Å². The number of pyridine rings is 1. The molecule has 0 fully saturated rings. The van der Waals surface area contributed by atoms with Gasteiger partial charge in [-0.1, -0.05) is 6.07 Å². The summed E-state index contributed by atoms with van der Waals surface area (Å²) in [5.74, 6) is 0.386. The van der Waals surface area contributed by atoms with Crippen LogP contribution in [-0.4, -0.2) is 16.6 Å². The third-order valence-corrected chi connectivity index (χ3v) is 2.26. The minimum absolute atomic E-state index is 0.328. The Hall–Kier alpha value is -2.69. The van der Waals surface area contributed by atoms with Gasteiger partial charge in [0.1, 0.15) is 11.5 Å². The summed E-state index contributed by atoms with van der Waals surface area (Å²) in [5.41, 5.74) is 3.41. The van der Waals surface area contributed by atoms with Crippen molar-refractivity contribution in [3.8, 4) is 0 Å². The van der Waals surface area contributed by atoms with E-state index in [9.17, 15) is 4.79 Å². The lowest BCUT2D eigenvalue weighted by atomic mass is 10.3. The molecule has 1 N–H and O–H groups in total. The molecule has 0 aliphatic heterocycles. The summed E-state index contributed by atoms with van der Waals surface area (Å²) in [6.07, 6.45) is 6.67. The van der Waals surface area contributed by atoms with Crippen LogP contribution in [0.2, 0.25) is 0 Å². The summed E-state index contributed by atoms with van der Waals surface area (Å²) in [6.45, 7) is 1.78. The van der Waals surface area contributed by atoms with Gasteiger partial charge in [0, 0.05) is 6.20 Å². The monoisotopic (exact) mass is 255 g/mol. The topological polar surface area (TPSA) is 67.5 Å². The Morgan fingerprint density at radius 1 is 1.37 bits per heavy atom. The number of allylic oxidation sites excluding steroid dienone is 1. The van der Waals surface area contributed by atoms with E-state index in [-0.39, 0.29) is 5.91 Å². The summed E-state index contributed by atoms with van der Waals surface area (Å²) in [6, 6.07) is 8.75. The van der Waals surface area contributed by atoms with Gasteiger partial charge in [0.25, 0.3) is 5.91 Å². The van der Waals surface area contributed by atoms with E-state index in [1.54, 1.807) is 55.8 Å². The van der Waals surface area contributed by atoms with Gasteiger partial charge < -0.3 is 4.42 Å². The zero-order valence-corrected chi connectivity index (χ0v) is 10.4. The first kappa shape index (κ1) is 12.8. The first-order valence-corrected chi connectivity index (χ1v) is 5.73. The normalized spacial score (nSPS) is 11.7. The molecule has 5 heteroatoms. The fourth-order valence-corrected chi connectivity index (χ4v) is 1.32. The van der Waals surface area contributed by atoms with Crippen LogP contribution in [0.4, 0.5) is 0 Å². The van der Waals surface area contributed by atoms with Crippen molar-refractivity contribution < 1.29 is 9.21 Å². The molecule has 0 aliphatic rings. The number of rotatable bonds is 4. The highest BCUT2D eigenvalue weighted by Gasteiger charge is 2.03. The number of nitrogens with zero attached hydrogens (tertiary/aromatic N) is 2. The number of hydrazone groups is 1. The molecule has 0 saturated carbocycles. The second-order valence-corrected chi connectivity index (χ2v) is 3.76. The molecule has 5 nitrogen and oxygen atoms in total. The van der Waals surface area contributed by atoms with Crippen molar-refractivity contribution in [2.45, 2.75) is 6.92 Å². The number of carbonyl (C=O) groups excluding carboxylic acids is 1. The van der Waals surface area contributed by atoms with Gasteiger partial charge in [-0.15, -0.1) is 0 Å². The van der Waals surface area contributed by atoms with Crippen LogP contribution in [0.5, 0.6) is 0 Å². The van der Waals surface area contributed by atoms with Crippen molar-refractivity contribution in [2.75, 3.05) is 0 Å². The van der Waals surface area contributed by atoms with Gasteiger partial charge in [-0.05, 0) is 43.3 Å². The summed E-state index contributed by atoms with van der Waals surface area (Å²) in [7, 11) is 0. The predicted octanol–water partition coefficient (Wildman–Crippen LogP) is 2.49. The van der Waals surface area contributed by atoms with Crippen LogP contribution < -0.4 is 5.43 Å². The van der Waals surface area contributed by atoms with E-state index in [2.05, 4.69) is 15.5 Å². The van der Waals surface area contributed by atoms with Crippen molar-refractivity contribution >= 4 is 17.7 Å². The van der Waals surface area contributed by atoms with E-state index in [4.69, 9.17) is 4.42 Å². The molecule has 96 valence electrons. The highest BCUT2D eigenvalue weighted by atomic mass is 16.3. The van der Waals surface area contributed by atoms with Gasteiger partial charge in [0.15, 0.2) is 0 Å². The number of aromatic nitrogens is 1. The van der Waals surface area contributed by atoms with Gasteiger partial charge in [-0.3, -0.25) is 9.78 Å². The SMILES string of the molecule is CC(C=Cc1ccco1)=NNC(=O)c1ccccn1. The highest BCUT2D eigenvalue weighted by molar-refractivity contribution is 5.98. The van der Waals surface area contributed by atoms with Crippen molar-refractivity contribution in [3.63, 3.8) is 0 Å². The molecule has 0 radical (unpaired) electrons. The number of hydrogen-bond donors (Lipinski definition) is 1. The lowest BCUT2D eigenvalue weighted by molar-refractivity contribution is 0.0950. The summed E-state index contributed by atoms with van der Waals surface area (Å²) in [5, 5.41) is 3.95. The van der Waals surface area contributed by atoms with E-state index >= 15 is 0 Å². The van der Waals surface area contributed by atoms with Crippen molar-refractivity contribution in [2.24, 2.45) is 5.10 Å². The molecule has 0 unspecified atom stereocenters. The summed E-state index contributed by atoms with van der Waals surface area (Å²) >= 11 is 0. The van der Waals surface area contributed by atoms with E-state index < -0.39 is 0 Å². The second kappa shape index (κ2) is 6.30.